The summed E-state index contributed by atoms with van der Waals surface area (Å²) >= 11 is 2.15. The number of halogens is 1. The van der Waals surface area contributed by atoms with Crippen molar-refractivity contribution in [2.45, 2.75) is 13.8 Å². The summed E-state index contributed by atoms with van der Waals surface area (Å²) < 4.78 is 1.01. The third kappa shape index (κ3) is 2.15. The smallest absolute Gasteiger partial charge is 0.160 e. The summed E-state index contributed by atoms with van der Waals surface area (Å²) in [6.07, 6.45) is 0.722. The fraction of sp³-hybridized carbons (Fsp3) is 0.200. The van der Waals surface area contributed by atoms with Crippen LogP contribution in [0.3, 0.4) is 0 Å². The highest BCUT2D eigenvalue weighted by Crippen LogP contribution is 2.17. The Morgan fingerprint density at radius 3 is 2.54 bits per heavy atom. The van der Waals surface area contributed by atoms with Gasteiger partial charge in [-0.15, -0.1) is 0 Å². The van der Waals surface area contributed by atoms with Gasteiger partial charge < -0.3 is 0 Å². The van der Waals surface area contributed by atoms with E-state index in [4.69, 9.17) is 0 Å². The SMILES string of the molecule is CC(=O)c1cc(I)c(C)cc1C=O. The fourth-order valence-electron chi connectivity index (χ4n) is 1.11. The number of rotatable bonds is 2. The van der Waals surface area contributed by atoms with Crippen LogP contribution in [0.1, 0.15) is 33.2 Å². The Morgan fingerprint density at radius 1 is 1.46 bits per heavy atom. The van der Waals surface area contributed by atoms with Gasteiger partial charge in [0, 0.05) is 14.7 Å². The van der Waals surface area contributed by atoms with E-state index < -0.39 is 0 Å². The quantitative estimate of drug-likeness (QED) is 0.476. The average molecular weight is 288 g/mol. The van der Waals surface area contributed by atoms with Crippen molar-refractivity contribution in [3.8, 4) is 0 Å². The standard InChI is InChI=1S/C10H9IO2/c1-6-3-8(5-12)9(7(2)13)4-10(6)11/h3-5H,1-2H3. The molecule has 0 radical (unpaired) electrons. The van der Waals surface area contributed by atoms with Gasteiger partial charge in [-0.2, -0.15) is 0 Å². The number of aryl methyl sites for hydroxylation is 1. The number of hydrogen-bond donors (Lipinski definition) is 0. The molecule has 0 aliphatic rings. The van der Waals surface area contributed by atoms with Gasteiger partial charge in [0.15, 0.2) is 12.1 Å². The molecule has 0 atom stereocenters. The molecule has 0 bridgehead atoms. The van der Waals surface area contributed by atoms with Crippen molar-refractivity contribution in [3.05, 3.63) is 32.4 Å². The first kappa shape index (κ1) is 10.4. The molecule has 0 fully saturated rings. The van der Waals surface area contributed by atoms with E-state index in [2.05, 4.69) is 22.6 Å². The van der Waals surface area contributed by atoms with E-state index in [1.807, 2.05) is 6.92 Å². The van der Waals surface area contributed by atoms with Gasteiger partial charge in [0.05, 0.1) is 0 Å². The van der Waals surface area contributed by atoms with Crippen molar-refractivity contribution < 1.29 is 9.59 Å². The summed E-state index contributed by atoms with van der Waals surface area (Å²) in [5.41, 5.74) is 2.00. The van der Waals surface area contributed by atoms with Crippen LogP contribution in [-0.4, -0.2) is 12.1 Å². The van der Waals surface area contributed by atoms with Crippen molar-refractivity contribution in [1.29, 1.82) is 0 Å². The van der Waals surface area contributed by atoms with Gasteiger partial charge in [0.2, 0.25) is 0 Å². The predicted molar refractivity (Wildman–Crippen MR) is 59.3 cm³/mol. The molecule has 0 spiro atoms. The van der Waals surface area contributed by atoms with E-state index >= 15 is 0 Å². The van der Waals surface area contributed by atoms with Gasteiger partial charge in [-0.25, -0.2) is 0 Å². The molecule has 1 aromatic carbocycles. The number of Topliss-reactive ketones (excluding diaryl/α,β-unsaturated/α-hetero) is 1. The van der Waals surface area contributed by atoms with E-state index in [1.165, 1.54) is 6.92 Å². The van der Waals surface area contributed by atoms with Gasteiger partial charge in [-0.3, -0.25) is 9.59 Å². The summed E-state index contributed by atoms with van der Waals surface area (Å²) in [7, 11) is 0. The zero-order valence-corrected chi connectivity index (χ0v) is 9.58. The number of carbonyl (C=O) groups excluding carboxylic acids is 2. The van der Waals surface area contributed by atoms with Crippen LogP contribution in [0, 0.1) is 10.5 Å². The second-order valence-electron chi connectivity index (χ2n) is 2.86. The van der Waals surface area contributed by atoms with Crippen molar-refractivity contribution in [2.75, 3.05) is 0 Å². The molecule has 0 aromatic heterocycles. The maximum absolute atomic E-state index is 11.1. The highest BCUT2D eigenvalue weighted by Gasteiger charge is 2.08. The monoisotopic (exact) mass is 288 g/mol. The Balaban J connectivity index is 3.41. The number of benzene rings is 1. The Labute approximate surface area is 90.5 Å². The molecule has 0 N–H and O–H groups in total. The Bertz CT molecular complexity index is 369. The normalized spacial score (nSPS) is 9.77. The fourth-order valence-corrected chi connectivity index (χ4v) is 1.57. The first-order valence-electron chi connectivity index (χ1n) is 3.82. The highest BCUT2D eigenvalue weighted by atomic mass is 127. The lowest BCUT2D eigenvalue weighted by molar-refractivity contribution is 0.100. The summed E-state index contributed by atoms with van der Waals surface area (Å²) in [6.45, 7) is 3.38. The molecule has 0 unspecified atom stereocenters. The molecule has 3 heteroatoms. The van der Waals surface area contributed by atoms with Gasteiger partial charge >= 0.3 is 0 Å². The molecule has 0 heterocycles. The van der Waals surface area contributed by atoms with E-state index in [-0.39, 0.29) is 5.78 Å². The zero-order valence-electron chi connectivity index (χ0n) is 7.43. The maximum atomic E-state index is 11.1. The molecular formula is C10H9IO2. The summed E-state index contributed by atoms with van der Waals surface area (Å²) in [5.74, 6) is -0.0694. The molecule has 68 valence electrons. The van der Waals surface area contributed by atoms with Gasteiger partial charge in [0.1, 0.15) is 0 Å². The minimum absolute atomic E-state index is 0.0694. The lowest BCUT2D eigenvalue weighted by Gasteiger charge is -2.04. The molecule has 0 saturated carbocycles. The predicted octanol–water partition coefficient (Wildman–Crippen LogP) is 2.61. The summed E-state index contributed by atoms with van der Waals surface area (Å²) in [4.78, 5) is 21.8. The van der Waals surface area contributed by atoms with E-state index in [0.717, 1.165) is 15.4 Å². The van der Waals surface area contributed by atoms with Crippen LogP contribution in [-0.2, 0) is 0 Å². The number of carbonyl (C=O) groups is 2. The molecule has 1 rings (SSSR count). The topological polar surface area (TPSA) is 34.1 Å². The largest absolute Gasteiger partial charge is 0.298 e. The molecule has 0 aliphatic heterocycles. The van der Waals surface area contributed by atoms with Gasteiger partial charge in [-0.1, -0.05) is 0 Å². The number of aldehydes is 1. The summed E-state index contributed by atoms with van der Waals surface area (Å²) in [5, 5.41) is 0. The van der Waals surface area contributed by atoms with Crippen LogP contribution in [0.2, 0.25) is 0 Å². The highest BCUT2D eigenvalue weighted by molar-refractivity contribution is 14.1. The summed E-state index contributed by atoms with van der Waals surface area (Å²) in [6, 6.07) is 3.49. The third-order valence-corrected chi connectivity index (χ3v) is 3.00. The van der Waals surface area contributed by atoms with Crippen LogP contribution < -0.4 is 0 Å². The zero-order chi connectivity index (χ0) is 10.0. The lowest BCUT2D eigenvalue weighted by atomic mass is 10.0. The van der Waals surface area contributed by atoms with E-state index in [1.54, 1.807) is 12.1 Å². The molecule has 13 heavy (non-hydrogen) atoms. The average Bonchev–Trinajstić information content (AvgIpc) is 2.08. The minimum atomic E-state index is -0.0694. The van der Waals surface area contributed by atoms with Crippen LogP contribution in [0.25, 0.3) is 0 Å². The lowest BCUT2D eigenvalue weighted by Crippen LogP contribution is -2.00. The Hall–Kier alpha value is -0.710. The second-order valence-corrected chi connectivity index (χ2v) is 4.02. The Kier molecular flexibility index (Phi) is 3.19. The van der Waals surface area contributed by atoms with E-state index in [0.29, 0.717) is 11.1 Å². The molecular weight excluding hydrogens is 279 g/mol. The van der Waals surface area contributed by atoms with Crippen molar-refractivity contribution in [2.24, 2.45) is 0 Å². The van der Waals surface area contributed by atoms with Crippen LogP contribution in [0.15, 0.2) is 12.1 Å². The molecule has 0 aliphatic carbocycles. The minimum Gasteiger partial charge on any atom is -0.298 e. The molecule has 1 aromatic rings. The molecule has 2 nitrogen and oxygen atoms in total. The van der Waals surface area contributed by atoms with Crippen molar-refractivity contribution in [3.63, 3.8) is 0 Å². The first-order chi connectivity index (χ1) is 6.06. The molecule has 0 saturated heterocycles. The van der Waals surface area contributed by atoms with Gasteiger partial charge in [0.25, 0.3) is 0 Å². The first-order valence-corrected chi connectivity index (χ1v) is 4.90. The van der Waals surface area contributed by atoms with Crippen molar-refractivity contribution >= 4 is 34.7 Å². The van der Waals surface area contributed by atoms with Crippen LogP contribution in [0.5, 0.6) is 0 Å². The molecule has 0 amide bonds. The van der Waals surface area contributed by atoms with Crippen LogP contribution >= 0.6 is 22.6 Å². The maximum Gasteiger partial charge on any atom is 0.160 e. The van der Waals surface area contributed by atoms with E-state index in [9.17, 15) is 9.59 Å². The second kappa shape index (κ2) is 4.00. The third-order valence-electron chi connectivity index (χ3n) is 1.84. The Morgan fingerprint density at radius 2 is 2.08 bits per heavy atom. The number of hydrogen-bond acceptors (Lipinski definition) is 2. The number of ketones is 1. The van der Waals surface area contributed by atoms with Crippen LogP contribution in [0.4, 0.5) is 0 Å². The van der Waals surface area contributed by atoms with Crippen molar-refractivity contribution in [1.82, 2.24) is 0 Å². The van der Waals surface area contributed by atoms with Gasteiger partial charge in [-0.05, 0) is 54.1 Å².